The maximum absolute atomic E-state index is 4.31. The molecule has 4 heteroatoms. The lowest BCUT2D eigenvalue weighted by atomic mass is 10.2. The minimum Gasteiger partial charge on any atom is -0.301 e. The second-order valence-corrected chi connectivity index (χ2v) is 4.75. The molecular weight excluding hydrogens is 218 g/mol. The second-order valence-electron chi connectivity index (χ2n) is 3.78. The van der Waals surface area contributed by atoms with Crippen LogP contribution in [0.5, 0.6) is 0 Å². The Labute approximate surface area is 99.8 Å². The smallest absolute Gasteiger partial charge is 0.0794 e. The monoisotopic (exact) mass is 233 g/mol. The van der Waals surface area contributed by atoms with Crippen LogP contribution in [0.4, 0.5) is 0 Å². The highest BCUT2D eigenvalue weighted by molar-refractivity contribution is 7.09. The normalized spacial score (nSPS) is 10.9. The average Bonchev–Trinajstić information content (AvgIpc) is 2.81. The van der Waals surface area contributed by atoms with Gasteiger partial charge in [-0.1, -0.05) is 6.07 Å². The van der Waals surface area contributed by atoms with E-state index in [-0.39, 0.29) is 0 Å². The van der Waals surface area contributed by atoms with E-state index < -0.39 is 0 Å². The van der Waals surface area contributed by atoms with E-state index in [2.05, 4.69) is 28.0 Å². The Morgan fingerprint density at radius 1 is 1.38 bits per heavy atom. The van der Waals surface area contributed by atoms with Gasteiger partial charge in [-0.2, -0.15) is 0 Å². The van der Waals surface area contributed by atoms with Gasteiger partial charge in [0.1, 0.15) is 0 Å². The molecule has 0 aliphatic heterocycles. The van der Waals surface area contributed by atoms with Crippen molar-refractivity contribution in [1.29, 1.82) is 0 Å². The zero-order chi connectivity index (χ0) is 11.2. The van der Waals surface area contributed by atoms with Crippen LogP contribution >= 0.6 is 11.3 Å². The molecule has 2 aromatic rings. The average molecular weight is 233 g/mol. The third-order valence-corrected chi connectivity index (χ3v) is 3.15. The summed E-state index contributed by atoms with van der Waals surface area (Å²) in [4.78, 5) is 12.0. The fourth-order valence-electron chi connectivity index (χ4n) is 1.52. The Bertz CT molecular complexity index is 399. The number of rotatable bonds is 5. The van der Waals surface area contributed by atoms with Gasteiger partial charge in [0.15, 0.2) is 0 Å². The van der Waals surface area contributed by atoms with Crippen molar-refractivity contribution in [3.63, 3.8) is 0 Å². The third kappa shape index (κ3) is 3.40. The van der Waals surface area contributed by atoms with Crippen LogP contribution in [-0.4, -0.2) is 28.5 Å². The van der Waals surface area contributed by atoms with Crippen LogP contribution < -0.4 is 0 Å². The summed E-state index contributed by atoms with van der Waals surface area (Å²) in [6, 6.07) is 6.05. The van der Waals surface area contributed by atoms with E-state index in [4.69, 9.17) is 0 Å². The molecule has 0 radical (unpaired) electrons. The van der Waals surface area contributed by atoms with E-state index in [1.165, 1.54) is 4.88 Å². The Balaban J connectivity index is 1.78. The van der Waals surface area contributed by atoms with Crippen LogP contribution in [0, 0.1) is 0 Å². The van der Waals surface area contributed by atoms with Crippen molar-refractivity contribution in [1.82, 2.24) is 14.9 Å². The highest BCUT2D eigenvalue weighted by Gasteiger charge is 2.02. The minimum atomic E-state index is 0.970. The summed E-state index contributed by atoms with van der Waals surface area (Å²) in [5.41, 5.74) is 3.03. The summed E-state index contributed by atoms with van der Waals surface area (Å²) in [7, 11) is 2.13. The minimum absolute atomic E-state index is 0.970. The van der Waals surface area contributed by atoms with E-state index >= 15 is 0 Å². The standard InChI is InChI=1S/C12H15N3S/c1-15(9-12-8-13-10-16-12)7-5-11-4-2-3-6-14-11/h2-4,6,8,10H,5,7,9H2,1H3. The number of nitrogens with zero attached hydrogens (tertiary/aromatic N) is 3. The largest absolute Gasteiger partial charge is 0.301 e. The van der Waals surface area contributed by atoms with Gasteiger partial charge in [-0.15, -0.1) is 11.3 Å². The lowest BCUT2D eigenvalue weighted by molar-refractivity contribution is 0.332. The van der Waals surface area contributed by atoms with Crippen molar-refractivity contribution >= 4 is 11.3 Å². The van der Waals surface area contributed by atoms with Crippen molar-refractivity contribution < 1.29 is 0 Å². The second kappa shape index (κ2) is 5.72. The Morgan fingerprint density at radius 2 is 2.31 bits per heavy atom. The molecule has 0 unspecified atom stereocenters. The number of aromatic nitrogens is 2. The molecule has 0 fully saturated rings. The van der Waals surface area contributed by atoms with Crippen LogP contribution in [0.25, 0.3) is 0 Å². The van der Waals surface area contributed by atoms with Crippen LogP contribution in [-0.2, 0) is 13.0 Å². The van der Waals surface area contributed by atoms with Gasteiger partial charge >= 0.3 is 0 Å². The zero-order valence-corrected chi connectivity index (χ0v) is 10.2. The fraction of sp³-hybridized carbons (Fsp3) is 0.333. The van der Waals surface area contributed by atoms with Crippen molar-refractivity contribution in [3.8, 4) is 0 Å². The fourth-order valence-corrected chi connectivity index (χ4v) is 2.19. The number of hydrogen-bond acceptors (Lipinski definition) is 4. The van der Waals surface area contributed by atoms with Gasteiger partial charge in [-0.25, -0.2) is 0 Å². The summed E-state index contributed by atoms with van der Waals surface area (Å²) < 4.78 is 0. The molecule has 0 aliphatic carbocycles. The molecule has 0 amide bonds. The lowest BCUT2D eigenvalue weighted by Crippen LogP contribution is -2.20. The molecule has 0 aliphatic rings. The third-order valence-electron chi connectivity index (χ3n) is 2.39. The van der Waals surface area contributed by atoms with E-state index in [0.29, 0.717) is 0 Å². The molecule has 0 saturated carbocycles. The van der Waals surface area contributed by atoms with Gasteiger partial charge in [-0.3, -0.25) is 9.97 Å². The summed E-state index contributed by atoms with van der Waals surface area (Å²) in [6.07, 6.45) is 4.77. The number of hydrogen-bond donors (Lipinski definition) is 0. The van der Waals surface area contributed by atoms with Gasteiger partial charge in [0, 0.05) is 42.5 Å². The molecule has 2 heterocycles. The van der Waals surface area contributed by atoms with Gasteiger partial charge in [0.05, 0.1) is 5.51 Å². The molecule has 2 aromatic heterocycles. The summed E-state index contributed by atoms with van der Waals surface area (Å²) >= 11 is 1.70. The molecule has 3 nitrogen and oxygen atoms in total. The maximum Gasteiger partial charge on any atom is 0.0794 e. The van der Waals surface area contributed by atoms with Crippen LogP contribution in [0.1, 0.15) is 10.6 Å². The molecule has 84 valence electrons. The van der Waals surface area contributed by atoms with Crippen molar-refractivity contribution in [2.24, 2.45) is 0 Å². The number of pyridine rings is 1. The maximum atomic E-state index is 4.31. The summed E-state index contributed by atoms with van der Waals surface area (Å²) in [5.74, 6) is 0. The van der Waals surface area contributed by atoms with Crippen molar-refractivity contribution in [2.75, 3.05) is 13.6 Å². The number of thiazole rings is 1. The van der Waals surface area contributed by atoms with E-state index in [0.717, 1.165) is 25.2 Å². The van der Waals surface area contributed by atoms with Crippen LogP contribution in [0.15, 0.2) is 36.1 Å². The van der Waals surface area contributed by atoms with E-state index in [1.807, 2.05) is 30.0 Å². The molecule has 0 aromatic carbocycles. The highest BCUT2D eigenvalue weighted by Crippen LogP contribution is 2.08. The first-order chi connectivity index (χ1) is 7.84. The predicted molar refractivity (Wildman–Crippen MR) is 66.4 cm³/mol. The SMILES string of the molecule is CN(CCc1ccccn1)Cc1cncs1. The first-order valence-corrected chi connectivity index (χ1v) is 6.18. The first-order valence-electron chi connectivity index (χ1n) is 5.30. The number of likely N-dealkylation sites (N-methyl/N-ethyl adjacent to an activating group) is 1. The Hall–Kier alpha value is -1.26. The molecule has 0 atom stereocenters. The van der Waals surface area contributed by atoms with Crippen LogP contribution in [0.2, 0.25) is 0 Å². The Morgan fingerprint density at radius 3 is 3.00 bits per heavy atom. The summed E-state index contributed by atoms with van der Waals surface area (Å²) in [5, 5.41) is 0. The molecule has 0 N–H and O–H groups in total. The molecule has 2 rings (SSSR count). The van der Waals surface area contributed by atoms with Gasteiger partial charge in [0.25, 0.3) is 0 Å². The summed E-state index contributed by atoms with van der Waals surface area (Å²) in [6.45, 7) is 1.99. The van der Waals surface area contributed by atoms with E-state index in [9.17, 15) is 0 Å². The predicted octanol–water partition coefficient (Wildman–Crippen LogP) is 2.21. The van der Waals surface area contributed by atoms with Gasteiger partial charge in [-0.05, 0) is 19.2 Å². The quantitative estimate of drug-likeness (QED) is 0.793. The van der Waals surface area contributed by atoms with Gasteiger partial charge in [0.2, 0.25) is 0 Å². The highest BCUT2D eigenvalue weighted by atomic mass is 32.1. The molecule has 0 spiro atoms. The van der Waals surface area contributed by atoms with E-state index in [1.54, 1.807) is 11.3 Å². The van der Waals surface area contributed by atoms with Gasteiger partial charge < -0.3 is 4.90 Å². The van der Waals surface area contributed by atoms with Crippen molar-refractivity contribution in [2.45, 2.75) is 13.0 Å². The van der Waals surface area contributed by atoms with Crippen LogP contribution in [0.3, 0.4) is 0 Å². The lowest BCUT2D eigenvalue weighted by Gasteiger charge is -2.14. The molecule has 0 saturated heterocycles. The first kappa shape index (κ1) is 11.2. The van der Waals surface area contributed by atoms with Crippen molar-refractivity contribution in [3.05, 3.63) is 46.7 Å². The molecule has 16 heavy (non-hydrogen) atoms. The zero-order valence-electron chi connectivity index (χ0n) is 9.34. The Kier molecular flexibility index (Phi) is 4.02. The molecular formula is C12H15N3S. The molecule has 0 bridgehead atoms. The topological polar surface area (TPSA) is 29.0 Å².